The minimum absolute atomic E-state index is 0.141. The van der Waals surface area contributed by atoms with E-state index in [-0.39, 0.29) is 6.04 Å². The van der Waals surface area contributed by atoms with Crippen molar-refractivity contribution >= 4 is 0 Å². The van der Waals surface area contributed by atoms with Gasteiger partial charge in [0, 0.05) is 5.70 Å². The summed E-state index contributed by atoms with van der Waals surface area (Å²) in [7, 11) is 0. The number of allylic oxidation sites excluding steroid dienone is 5. The van der Waals surface area contributed by atoms with Crippen LogP contribution in [0.3, 0.4) is 0 Å². The van der Waals surface area contributed by atoms with E-state index in [9.17, 15) is 0 Å². The summed E-state index contributed by atoms with van der Waals surface area (Å²) in [6.45, 7) is 12.0. The molecule has 2 unspecified atom stereocenters. The fourth-order valence-corrected chi connectivity index (χ4v) is 1.09. The minimum atomic E-state index is -0.141. The zero-order chi connectivity index (χ0) is 13.7. The second-order valence-corrected chi connectivity index (χ2v) is 3.22. The van der Waals surface area contributed by atoms with Gasteiger partial charge in [-0.1, -0.05) is 52.8 Å². The highest BCUT2D eigenvalue weighted by molar-refractivity contribution is 5.28. The number of hydrogen-bond acceptors (Lipinski definition) is 2. The van der Waals surface area contributed by atoms with E-state index in [2.05, 4.69) is 30.5 Å². The first kappa shape index (κ1) is 17.9. The molecule has 1 aliphatic rings. The van der Waals surface area contributed by atoms with Crippen molar-refractivity contribution in [2.75, 3.05) is 0 Å². The minimum Gasteiger partial charge on any atom is -0.370 e. The first-order valence-electron chi connectivity index (χ1n) is 6.45. The molecule has 0 aromatic carbocycles. The molecule has 0 saturated heterocycles. The SMILES string of the molecule is CC.CC.CC1C=CC=C(NC(C)C#N)C=C1. The van der Waals surface area contributed by atoms with Crippen molar-refractivity contribution in [2.45, 2.75) is 47.6 Å². The van der Waals surface area contributed by atoms with Crippen molar-refractivity contribution < 1.29 is 0 Å². The third-order valence-electron chi connectivity index (χ3n) is 1.85. The molecular formula is C15H26N2. The summed E-state index contributed by atoms with van der Waals surface area (Å²) in [5, 5.41) is 11.7. The van der Waals surface area contributed by atoms with Gasteiger partial charge in [-0.15, -0.1) is 0 Å². The van der Waals surface area contributed by atoms with E-state index in [4.69, 9.17) is 5.26 Å². The van der Waals surface area contributed by atoms with E-state index in [0.29, 0.717) is 5.92 Å². The van der Waals surface area contributed by atoms with Gasteiger partial charge in [0.2, 0.25) is 0 Å². The summed E-state index contributed by atoms with van der Waals surface area (Å²) in [5.41, 5.74) is 0.995. The van der Waals surface area contributed by atoms with Gasteiger partial charge in [0.05, 0.1) is 6.07 Å². The predicted molar refractivity (Wildman–Crippen MR) is 76.4 cm³/mol. The van der Waals surface area contributed by atoms with Gasteiger partial charge in [0.25, 0.3) is 0 Å². The molecular weight excluding hydrogens is 208 g/mol. The first-order valence-corrected chi connectivity index (χ1v) is 6.45. The predicted octanol–water partition coefficient (Wildman–Crippen LogP) is 4.19. The van der Waals surface area contributed by atoms with Crippen LogP contribution in [0.1, 0.15) is 41.5 Å². The average Bonchev–Trinajstić information content (AvgIpc) is 2.59. The molecule has 2 heteroatoms. The molecule has 0 aromatic heterocycles. The Hall–Kier alpha value is -1.49. The highest BCUT2D eigenvalue weighted by Crippen LogP contribution is 2.07. The molecule has 0 aromatic rings. The lowest BCUT2D eigenvalue weighted by molar-refractivity contribution is 0.754. The number of nitrogens with zero attached hydrogens (tertiary/aromatic N) is 1. The second kappa shape index (κ2) is 12.6. The van der Waals surface area contributed by atoms with Crippen molar-refractivity contribution in [3.8, 4) is 6.07 Å². The van der Waals surface area contributed by atoms with Crippen LogP contribution in [0.2, 0.25) is 0 Å². The Morgan fingerprint density at radius 3 is 2.35 bits per heavy atom. The van der Waals surface area contributed by atoms with E-state index < -0.39 is 0 Å². The maximum atomic E-state index is 8.61. The molecule has 0 bridgehead atoms. The van der Waals surface area contributed by atoms with Crippen molar-refractivity contribution in [2.24, 2.45) is 5.92 Å². The lowest BCUT2D eigenvalue weighted by atomic mass is 10.2. The third-order valence-corrected chi connectivity index (χ3v) is 1.85. The molecule has 96 valence electrons. The molecule has 0 fully saturated rings. The Morgan fingerprint density at radius 1 is 1.24 bits per heavy atom. The average molecular weight is 234 g/mol. The fraction of sp³-hybridized carbons (Fsp3) is 0.533. The number of nitriles is 1. The summed E-state index contributed by atoms with van der Waals surface area (Å²) < 4.78 is 0. The fourth-order valence-electron chi connectivity index (χ4n) is 1.09. The third kappa shape index (κ3) is 9.44. The van der Waals surface area contributed by atoms with E-state index in [1.165, 1.54) is 0 Å². The van der Waals surface area contributed by atoms with Gasteiger partial charge < -0.3 is 5.32 Å². The summed E-state index contributed by atoms with van der Waals surface area (Å²) in [6.07, 6.45) is 10.2. The quantitative estimate of drug-likeness (QED) is 0.777. The number of nitrogens with one attached hydrogen (secondary N) is 1. The first-order chi connectivity index (χ1) is 8.22. The standard InChI is InChI=1S/C11H14N2.2C2H6/c1-9-4-3-5-11(7-6-9)13-10(2)8-12;2*1-2/h3-7,9-10,13H,1-2H3;2*1-2H3. The maximum Gasteiger partial charge on any atom is 0.111 e. The zero-order valence-corrected chi connectivity index (χ0v) is 12.0. The van der Waals surface area contributed by atoms with E-state index in [0.717, 1.165) is 5.70 Å². The van der Waals surface area contributed by atoms with Crippen molar-refractivity contribution in [3.05, 3.63) is 36.1 Å². The Kier molecular flexibility index (Phi) is 13.2. The molecule has 1 aliphatic carbocycles. The van der Waals surface area contributed by atoms with Crippen molar-refractivity contribution in [1.82, 2.24) is 5.32 Å². The molecule has 0 saturated carbocycles. The smallest absolute Gasteiger partial charge is 0.111 e. The molecule has 1 N–H and O–H groups in total. The van der Waals surface area contributed by atoms with Crippen LogP contribution in [0.25, 0.3) is 0 Å². The largest absolute Gasteiger partial charge is 0.370 e. The highest BCUT2D eigenvalue weighted by atomic mass is 14.9. The van der Waals surface area contributed by atoms with Crippen molar-refractivity contribution in [3.63, 3.8) is 0 Å². The van der Waals surface area contributed by atoms with Crippen LogP contribution in [-0.4, -0.2) is 6.04 Å². The van der Waals surface area contributed by atoms with E-state index in [1.807, 2.05) is 52.8 Å². The number of rotatable bonds is 2. The van der Waals surface area contributed by atoms with Crippen LogP contribution < -0.4 is 5.32 Å². The maximum absolute atomic E-state index is 8.61. The molecule has 1 rings (SSSR count). The molecule has 2 atom stereocenters. The van der Waals surface area contributed by atoms with Gasteiger partial charge in [-0.05, 0) is 25.0 Å². The summed E-state index contributed by atoms with van der Waals surface area (Å²) in [5.74, 6) is 0.466. The lowest BCUT2D eigenvalue weighted by Crippen LogP contribution is -2.22. The molecule has 0 spiro atoms. The van der Waals surface area contributed by atoms with Gasteiger partial charge in [0.1, 0.15) is 6.04 Å². The summed E-state index contributed by atoms with van der Waals surface area (Å²) in [6, 6.07) is 1.99. The number of hydrogen-bond donors (Lipinski definition) is 1. The van der Waals surface area contributed by atoms with Crippen LogP contribution in [0.15, 0.2) is 36.1 Å². The van der Waals surface area contributed by atoms with Gasteiger partial charge in [-0.3, -0.25) is 0 Å². The monoisotopic (exact) mass is 234 g/mol. The highest BCUT2D eigenvalue weighted by Gasteiger charge is 2.00. The van der Waals surface area contributed by atoms with Gasteiger partial charge in [0.15, 0.2) is 0 Å². The molecule has 0 amide bonds. The Labute approximate surface area is 107 Å². The van der Waals surface area contributed by atoms with Crippen LogP contribution in [0, 0.1) is 17.2 Å². The topological polar surface area (TPSA) is 35.8 Å². The van der Waals surface area contributed by atoms with Crippen LogP contribution in [0.4, 0.5) is 0 Å². The Morgan fingerprint density at radius 2 is 1.82 bits per heavy atom. The molecule has 0 radical (unpaired) electrons. The summed E-state index contributed by atoms with van der Waals surface area (Å²) >= 11 is 0. The van der Waals surface area contributed by atoms with Crippen LogP contribution >= 0.6 is 0 Å². The summed E-state index contributed by atoms with van der Waals surface area (Å²) in [4.78, 5) is 0. The van der Waals surface area contributed by atoms with Crippen LogP contribution in [0.5, 0.6) is 0 Å². The molecule has 0 heterocycles. The van der Waals surface area contributed by atoms with Crippen molar-refractivity contribution in [1.29, 1.82) is 5.26 Å². The van der Waals surface area contributed by atoms with Gasteiger partial charge in [-0.2, -0.15) is 5.26 Å². The zero-order valence-electron chi connectivity index (χ0n) is 12.0. The normalized spacial score (nSPS) is 18.2. The Bertz CT molecular complexity index is 293. The molecule has 2 nitrogen and oxygen atoms in total. The van der Waals surface area contributed by atoms with Gasteiger partial charge >= 0.3 is 0 Å². The molecule has 0 aliphatic heterocycles. The molecule has 17 heavy (non-hydrogen) atoms. The Balaban J connectivity index is 0. The van der Waals surface area contributed by atoms with E-state index >= 15 is 0 Å². The van der Waals surface area contributed by atoms with Crippen LogP contribution in [-0.2, 0) is 0 Å². The van der Waals surface area contributed by atoms with E-state index in [1.54, 1.807) is 0 Å². The lowest BCUT2D eigenvalue weighted by Gasteiger charge is -2.07. The second-order valence-electron chi connectivity index (χ2n) is 3.22. The van der Waals surface area contributed by atoms with Gasteiger partial charge in [-0.25, -0.2) is 0 Å².